The molecule has 30 heavy (non-hydrogen) atoms. The van der Waals surface area contributed by atoms with Crippen molar-refractivity contribution < 1.29 is 13.9 Å². The first-order valence-electron chi connectivity index (χ1n) is 12.6. The van der Waals surface area contributed by atoms with Gasteiger partial charge in [-0.25, -0.2) is 4.39 Å². The summed E-state index contributed by atoms with van der Waals surface area (Å²) in [5, 5.41) is 0. The molecule has 2 aliphatic rings. The summed E-state index contributed by atoms with van der Waals surface area (Å²) >= 11 is 0. The average Bonchev–Trinajstić information content (AvgIpc) is 2.76. The van der Waals surface area contributed by atoms with Crippen molar-refractivity contribution in [1.29, 1.82) is 0 Å². The van der Waals surface area contributed by atoms with Crippen molar-refractivity contribution in [3.8, 4) is 5.75 Å². The topological polar surface area (TPSA) is 26.3 Å². The molecule has 3 heteroatoms. The summed E-state index contributed by atoms with van der Waals surface area (Å²) in [6, 6.07) is 5.17. The highest BCUT2D eigenvalue weighted by atomic mass is 19.1. The van der Waals surface area contributed by atoms with Crippen LogP contribution in [0.15, 0.2) is 18.2 Å². The molecule has 2 saturated carbocycles. The Labute approximate surface area is 183 Å². The molecule has 0 spiro atoms. The quantitative estimate of drug-likeness (QED) is 0.302. The summed E-state index contributed by atoms with van der Waals surface area (Å²) in [6.07, 6.45) is 16.5. The summed E-state index contributed by atoms with van der Waals surface area (Å²) < 4.78 is 20.0. The minimum atomic E-state index is -0.396. The number of aryl methyl sites for hydroxylation is 1. The van der Waals surface area contributed by atoms with Crippen molar-refractivity contribution in [2.45, 2.75) is 104 Å². The summed E-state index contributed by atoms with van der Waals surface area (Å²) in [7, 11) is 0. The molecule has 1 aromatic rings. The van der Waals surface area contributed by atoms with Gasteiger partial charge in [-0.05, 0) is 74.0 Å². The van der Waals surface area contributed by atoms with Crippen molar-refractivity contribution >= 4 is 5.97 Å². The molecule has 0 N–H and O–H groups in total. The maximum absolute atomic E-state index is 14.6. The first kappa shape index (κ1) is 23.3. The van der Waals surface area contributed by atoms with Crippen LogP contribution in [0.3, 0.4) is 0 Å². The molecule has 0 unspecified atom stereocenters. The van der Waals surface area contributed by atoms with Gasteiger partial charge in [-0.3, -0.25) is 4.79 Å². The van der Waals surface area contributed by atoms with Gasteiger partial charge >= 0.3 is 5.97 Å². The van der Waals surface area contributed by atoms with Gasteiger partial charge in [0.25, 0.3) is 0 Å². The number of benzene rings is 1. The van der Waals surface area contributed by atoms with Crippen molar-refractivity contribution in [3.05, 3.63) is 29.6 Å². The molecule has 168 valence electrons. The highest BCUT2D eigenvalue weighted by molar-refractivity contribution is 5.75. The van der Waals surface area contributed by atoms with Gasteiger partial charge in [0.05, 0.1) is 5.92 Å². The molecule has 2 aliphatic carbocycles. The van der Waals surface area contributed by atoms with Crippen molar-refractivity contribution in [3.63, 3.8) is 0 Å². The Kier molecular flexibility index (Phi) is 9.21. The molecule has 2 fully saturated rings. The summed E-state index contributed by atoms with van der Waals surface area (Å²) in [5.41, 5.74) is 1.02. The SMILES string of the molecule is CCCC1CCC(CCc2ccc(OC(=O)C3CCC(CCC)CC3)c(F)c2)CC1. The molecule has 0 saturated heterocycles. The lowest BCUT2D eigenvalue weighted by Crippen LogP contribution is -2.26. The molecule has 0 atom stereocenters. The Hall–Kier alpha value is -1.38. The number of carbonyl (C=O) groups is 1. The van der Waals surface area contributed by atoms with Gasteiger partial charge in [-0.1, -0.05) is 71.3 Å². The van der Waals surface area contributed by atoms with E-state index >= 15 is 0 Å². The summed E-state index contributed by atoms with van der Waals surface area (Å²) in [4.78, 5) is 12.5. The van der Waals surface area contributed by atoms with E-state index in [-0.39, 0.29) is 17.6 Å². The average molecular weight is 417 g/mol. The van der Waals surface area contributed by atoms with Gasteiger partial charge in [-0.15, -0.1) is 0 Å². The Morgan fingerprint density at radius 1 is 0.867 bits per heavy atom. The molecular formula is C27H41FO2. The molecule has 0 aliphatic heterocycles. The van der Waals surface area contributed by atoms with Crippen LogP contribution in [0.1, 0.15) is 103 Å². The second-order valence-electron chi connectivity index (χ2n) is 9.91. The van der Waals surface area contributed by atoms with E-state index in [0.29, 0.717) is 0 Å². The minimum absolute atomic E-state index is 0.0694. The normalized spacial score (nSPS) is 27.0. The van der Waals surface area contributed by atoms with Gasteiger partial charge in [0.2, 0.25) is 0 Å². The van der Waals surface area contributed by atoms with Crippen LogP contribution in [0.5, 0.6) is 5.75 Å². The summed E-state index contributed by atoms with van der Waals surface area (Å²) in [5.74, 6) is 1.84. The molecule has 0 amide bonds. The van der Waals surface area contributed by atoms with Crippen LogP contribution < -0.4 is 4.74 Å². The lowest BCUT2D eigenvalue weighted by molar-refractivity contribution is -0.140. The lowest BCUT2D eigenvalue weighted by Gasteiger charge is -2.28. The number of carbonyl (C=O) groups excluding carboxylic acids is 1. The first-order valence-corrected chi connectivity index (χ1v) is 12.6. The minimum Gasteiger partial charge on any atom is -0.423 e. The third-order valence-electron chi connectivity index (χ3n) is 7.59. The zero-order valence-corrected chi connectivity index (χ0v) is 19.1. The Morgan fingerprint density at radius 3 is 1.93 bits per heavy atom. The van der Waals surface area contributed by atoms with Crippen LogP contribution in [-0.2, 0) is 11.2 Å². The first-order chi connectivity index (χ1) is 14.6. The number of esters is 1. The zero-order chi connectivity index (χ0) is 21.3. The van der Waals surface area contributed by atoms with Gasteiger partial charge in [0.1, 0.15) is 0 Å². The van der Waals surface area contributed by atoms with Crippen LogP contribution in [0.4, 0.5) is 4.39 Å². The van der Waals surface area contributed by atoms with Gasteiger partial charge < -0.3 is 4.74 Å². The van der Waals surface area contributed by atoms with Crippen LogP contribution in [-0.4, -0.2) is 5.97 Å². The molecule has 2 nitrogen and oxygen atoms in total. The molecule has 1 aromatic carbocycles. The number of ether oxygens (including phenoxy) is 1. The molecule has 0 heterocycles. The van der Waals surface area contributed by atoms with Crippen molar-refractivity contribution in [1.82, 2.24) is 0 Å². The standard InChI is InChI=1S/C27H41FO2/c1-3-5-20-7-9-22(10-8-20)11-12-23-15-18-26(25(28)19-23)30-27(29)24-16-13-21(6-4-2)14-17-24/h15,18-22,24H,3-14,16-17H2,1-2H3. The van der Waals surface area contributed by atoms with Gasteiger partial charge in [0, 0.05) is 0 Å². The van der Waals surface area contributed by atoms with Crippen molar-refractivity contribution in [2.24, 2.45) is 23.7 Å². The predicted octanol–water partition coefficient (Wildman–Crippen LogP) is 7.88. The highest BCUT2D eigenvalue weighted by Crippen LogP contribution is 2.35. The van der Waals surface area contributed by atoms with E-state index < -0.39 is 5.82 Å². The molecule has 0 bridgehead atoms. The molecule has 0 aromatic heterocycles. The van der Waals surface area contributed by atoms with E-state index in [1.807, 2.05) is 6.07 Å². The van der Waals surface area contributed by atoms with Gasteiger partial charge in [-0.2, -0.15) is 0 Å². The van der Waals surface area contributed by atoms with Crippen LogP contribution in [0.25, 0.3) is 0 Å². The van der Waals surface area contributed by atoms with E-state index in [2.05, 4.69) is 13.8 Å². The maximum Gasteiger partial charge on any atom is 0.314 e. The number of rotatable bonds is 9. The fraction of sp³-hybridized carbons (Fsp3) is 0.741. The van der Waals surface area contributed by atoms with Crippen molar-refractivity contribution in [2.75, 3.05) is 0 Å². The largest absolute Gasteiger partial charge is 0.423 e. The van der Waals surface area contributed by atoms with E-state index in [0.717, 1.165) is 61.8 Å². The van der Waals surface area contributed by atoms with E-state index in [4.69, 9.17) is 4.74 Å². The Balaban J connectivity index is 1.43. The third-order valence-corrected chi connectivity index (χ3v) is 7.59. The van der Waals surface area contributed by atoms with Gasteiger partial charge in [0.15, 0.2) is 11.6 Å². The fourth-order valence-corrected chi connectivity index (χ4v) is 5.66. The molecular weight excluding hydrogens is 375 g/mol. The molecule has 3 rings (SSSR count). The summed E-state index contributed by atoms with van der Waals surface area (Å²) in [6.45, 7) is 4.49. The van der Waals surface area contributed by atoms with Crippen LogP contribution >= 0.6 is 0 Å². The van der Waals surface area contributed by atoms with Crippen LogP contribution in [0, 0.1) is 29.5 Å². The Morgan fingerprint density at radius 2 is 1.40 bits per heavy atom. The second-order valence-corrected chi connectivity index (χ2v) is 9.91. The predicted molar refractivity (Wildman–Crippen MR) is 121 cm³/mol. The second kappa shape index (κ2) is 11.9. The number of hydrogen-bond donors (Lipinski definition) is 0. The third kappa shape index (κ3) is 6.82. The van der Waals surface area contributed by atoms with Crippen LogP contribution in [0.2, 0.25) is 0 Å². The monoisotopic (exact) mass is 416 g/mol. The zero-order valence-electron chi connectivity index (χ0n) is 19.1. The smallest absolute Gasteiger partial charge is 0.314 e. The number of halogens is 1. The van der Waals surface area contributed by atoms with E-state index in [9.17, 15) is 9.18 Å². The fourth-order valence-electron chi connectivity index (χ4n) is 5.66. The maximum atomic E-state index is 14.6. The lowest BCUT2D eigenvalue weighted by atomic mass is 9.78. The Bertz CT molecular complexity index is 655. The highest BCUT2D eigenvalue weighted by Gasteiger charge is 2.28. The van der Waals surface area contributed by atoms with E-state index in [1.54, 1.807) is 12.1 Å². The van der Waals surface area contributed by atoms with E-state index in [1.165, 1.54) is 51.4 Å². The molecule has 0 radical (unpaired) electrons. The number of hydrogen-bond acceptors (Lipinski definition) is 2.